The molecule has 0 bridgehead atoms. The van der Waals surface area contributed by atoms with E-state index in [0.29, 0.717) is 11.6 Å². The van der Waals surface area contributed by atoms with Crippen LogP contribution in [-0.4, -0.2) is 34.6 Å². The van der Waals surface area contributed by atoms with Crippen LogP contribution in [0.1, 0.15) is 31.6 Å². The molecule has 94 valence electrons. The summed E-state index contributed by atoms with van der Waals surface area (Å²) in [5.74, 6) is 0.902. The van der Waals surface area contributed by atoms with Crippen LogP contribution in [0.3, 0.4) is 0 Å². The number of aromatic nitrogens is 1. The second-order valence-electron chi connectivity index (χ2n) is 5.79. The van der Waals surface area contributed by atoms with Crippen LogP contribution >= 0.6 is 11.3 Å². The van der Waals surface area contributed by atoms with E-state index in [1.807, 2.05) is 11.7 Å². The number of piperazine rings is 1. The van der Waals surface area contributed by atoms with Crippen LogP contribution in [0.2, 0.25) is 0 Å². The molecule has 1 aliphatic carbocycles. The van der Waals surface area contributed by atoms with E-state index in [1.165, 1.54) is 24.3 Å². The maximum Gasteiger partial charge on any atom is 0.0794 e. The van der Waals surface area contributed by atoms with Gasteiger partial charge in [0.2, 0.25) is 0 Å². The maximum atomic E-state index is 4.17. The first-order valence-corrected chi connectivity index (χ1v) is 7.42. The Morgan fingerprint density at radius 2 is 2.41 bits per heavy atom. The van der Waals surface area contributed by atoms with Gasteiger partial charge in [-0.1, -0.05) is 0 Å². The fourth-order valence-electron chi connectivity index (χ4n) is 2.87. The van der Waals surface area contributed by atoms with E-state index in [9.17, 15) is 0 Å². The van der Waals surface area contributed by atoms with Gasteiger partial charge < -0.3 is 5.32 Å². The Morgan fingerprint density at radius 1 is 1.59 bits per heavy atom. The SMILES string of the molecule is CC1CNC(C)(C2CC2)CN1Cc1cncs1. The Hall–Kier alpha value is -0.450. The van der Waals surface area contributed by atoms with Gasteiger partial charge in [0.1, 0.15) is 0 Å². The van der Waals surface area contributed by atoms with E-state index in [1.54, 1.807) is 11.3 Å². The molecule has 4 heteroatoms. The molecular formula is C13H21N3S. The van der Waals surface area contributed by atoms with Crippen molar-refractivity contribution in [2.45, 2.75) is 44.8 Å². The lowest BCUT2D eigenvalue weighted by atomic mass is 9.91. The van der Waals surface area contributed by atoms with Crippen LogP contribution in [0.25, 0.3) is 0 Å². The molecule has 0 radical (unpaired) electrons. The van der Waals surface area contributed by atoms with Gasteiger partial charge in [-0.15, -0.1) is 11.3 Å². The maximum absolute atomic E-state index is 4.17. The molecule has 0 amide bonds. The summed E-state index contributed by atoms with van der Waals surface area (Å²) in [5.41, 5.74) is 2.28. The summed E-state index contributed by atoms with van der Waals surface area (Å²) in [6, 6.07) is 0.629. The van der Waals surface area contributed by atoms with Gasteiger partial charge in [0, 0.05) is 42.3 Å². The smallest absolute Gasteiger partial charge is 0.0794 e. The van der Waals surface area contributed by atoms with E-state index in [0.717, 1.165) is 19.0 Å². The molecule has 2 fully saturated rings. The first-order valence-electron chi connectivity index (χ1n) is 6.54. The van der Waals surface area contributed by atoms with Crippen molar-refractivity contribution in [1.29, 1.82) is 0 Å². The molecule has 2 heterocycles. The monoisotopic (exact) mass is 251 g/mol. The topological polar surface area (TPSA) is 28.2 Å². The minimum absolute atomic E-state index is 0.344. The van der Waals surface area contributed by atoms with Crippen molar-refractivity contribution in [3.63, 3.8) is 0 Å². The molecule has 1 aromatic rings. The van der Waals surface area contributed by atoms with Crippen molar-refractivity contribution < 1.29 is 0 Å². The summed E-state index contributed by atoms with van der Waals surface area (Å²) < 4.78 is 0. The van der Waals surface area contributed by atoms with Crippen LogP contribution in [-0.2, 0) is 6.54 Å². The first kappa shape index (κ1) is 11.6. The van der Waals surface area contributed by atoms with Crippen molar-refractivity contribution in [2.24, 2.45) is 5.92 Å². The third-order valence-electron chi connectivity index (χ3n) is 4.28. The van der Waals surface area contributed by atoms with Crippen molar-refractivity contribution in [3.8, 4) is 0 Å². The van der Waals surface area contributed by atoms with Gasteiger partial charge in [-0.25, -0.2) is 0 Å². The molecule has 2 aliphatic rings. The molecule has 1 saturated heterocycles. The number of rotatable bonds is 3. The van der Waals surface area contributed by atoms with E-state index < -0.39 is 0 Å². The predicted molar refractivity (Wildman–Crippen MR) is 71.1 cm³/mol. The van der Waals surface area contributed by atoms with Gasteiger partial charge in [0.05, 0.1) is 5.51 Å². The van der Waals surface area contributed by atoms with E-state index in [-0.39, 0.29) is 0 Å². The van der Waals surface area contributed by atoms with Crippen LogP contribution < -0.4 is 5.32 Å². The highest BCUT2D eigenvalue weighted by molar-refractivity contribution is 7.09. The van der Waals surface area contributed by atoms with Crippen molar-refractivity contribution in [2.75, 3.05) is 13.1 Å². The number of hydrogen-bond donors (Lipinski definition) is 1. The van der Waals surface area contributed by atoms with Gasteiger partial charge in [-0.2, -0.15) is 0 Å². The zero-order valence-corrected chi connectivity index (χ0v) is 11.5. The van der Waals surface area contributed by atoms with Crippen molar-refractivity contribution in [3.05, 3.63) is 16.6 Å². The molecule has 1 N–H and O–H groups in total. The minimum atomic E-state index is 0.344. The van der Waals surface area contributed by atoms with Crippen molar-refractivity contribution in [1.82, 2.24) is 15.2 Å². The summed E-state index contributed by atoms with van der Waals surface area (Å²) in [6.07, 6.45) is 4.83. The van der Waals surface area contributed by atoms with E-state index in [4.69, 9.17) is 0 Å². The first-order chi connectivity index (χ1) is 8.17. The highest BCUT2D eigenvalue weighted by Crippen LogP contribution is 2.41. The molecule has 1 aliphatic heterocycles. The van der Waals surface area contributed by atoms with Gasteiger partial charge in [-0.3, -0.25) is 9.88 Å². The Kier molecular flexibility index (Phi) is 2.97. The Labute approximate surface area is 107 Å². The number of thiazole rings is 1. The molecule has 3 rings (SSSR count). The lowest BCUT2D eigenvalue weighted by Gasteiger charge is -2.45. The Balaban J connectivity index is 1.69. The summed E-state index contributed by atoms with van der Waals surface area (Å²) in [4.78, 5) is 8.17. The molecule has 3 nitrogen and oxygen atoms in total. The predicted octanol–water partition coefficient (Wildman–Crippen LogP) is 2.11. The summed E-state index contributed by atoms with van der Waals surface area (Å²) in [6.45, 7) is 8.08. The fraction of sp³-hybridized carbons (Fsp3) is 0.769. The molecule has 0 aromatic carbocycles. The largest absolute Gasteiger partial charge is 0.308 e. The second-order valence-corrected chi connectivity index (χ2v) is 6.77. The molecule has 0 spiro atoms. The average molecular weight is 251 g/mol. The van der Waals surface area contributed by atoms with Crippen LogP contribution in [0.4, 0.5) is 0 Å². The summed E-state index contributed by atoms with van der Waals surface area (Å²) in [5, 5.41) is 3.76. The zero-order chi connectivity index (χ0) is 11.9. The highest BCUT2D eigenvalue weighted by atomic mass is 32.1. The third kappa shape index (κ3) is 2.39. The molecule has 2 atom stereocenters. The normalized spacial score (nSPS) is 35.1. The molecular weight excluding hydrogens is 230 g/mol. The average Bonchev–Trinajstić information content (AvgIpc) is 3.05. The standard InChI is InChI=1S/C13H21N3S/c1-10-5-15-13(2,11-3-4-11)8-16(10)7-12-6-14-9-17-12/h6,9-11,15H,3-5,7-8H2,1-2H3. The third-order valence-corrected chi connectivity index (χ3v) is 5.04. The van der Waals surface area contributed by atoms with Gasteiger partial charge in [0.25, 0.3) is 0 Å². The summed E-state index contributed by atoms with van der Waals surface area (Å²) >= 11 is 1.77. The van der Waals surface area contributed by atoms with Crippen LogP contribution in [0.15, 0.2) is 11.7 Å². The van der Waals surface area contributed by atoms with E-state index >= 15 is 0 Å². The van der Waals surface area contributed by atoms with Gasteiger partial charge >= 0.3 is 0 Å². The molecule has 17 heavy (non-hydrogen) atoms. The lowest BCUT2D eigenvalue weighted by Crippen LogP contribution is -2.62. The van der Waals surface area contributed by atoms with Crippen LogP contribution in [0, 0.1) is 5.92 Å². The van der Waals surface area contributed by atoms with Crippen molar-refractivity contribution >= 4 is 11.3 Å². The summed E-state index contributed by atoms with van der Waals surface area (Å²) in [7, 11) is 0. The molecule has 2 unspecified atom stereocenters. The quantitative estimate of drug-likeness (QED) is 0.892. The lowest BCUT2D eigenvalue weighted by molar-refractivity contribution is 0.0778. The van der Waals surface area contributed by atoms with Gasteiger partial charge in [0.15, 0.2) is 0 Å². The van der Waals surface area contributed by atoms with Crippen LogP contribution in [0.5, 0.6) is 0 Å². The number of hydrogen-bond acceptors (Lipinski definition) is 4. The highest BCUT2D eigenvalue weighted by Gasteiger charge is 2.45. The Morgan fingerprint density at radius 3 is 3.06 bits per heavy atom. The fourth-order valence-corrected chi connectivity index (χ4v) is 3.49. The molecule has 1 aromatic heterocycles. The van der Waals surface area contributed by atoms with Gasteiger partial charge in [-0.05, 0) is 32.6 Å². The Bertz CT molecular complexity index is 374. The minimum Gasteiger partial charge on any atom is -0.308 e. The number of nitrogens with zero attached hydrogens (tertiary/aromatic N) is 2. The zero-order valence-electron chi connectivity index (χ0n) is 10.6. The number of nitrogens with one attached hydrogen (secondary N) is 1. The molecule has 1 saturated carbocycles. The van der Waals surface area contributed by atoms with E-state index in [2.05, 4.69) is 29.0 Å². The second kappa shape index (κ2) is 4.34.